The quantitative estimate of drug-likeness (QED) is 0.849. The fraction of sp³-hybridized carbons (Fsp3) is 0.111. The summed E-state index contributed by atoms with van der Waals surface area (Å²) < 4.78 is 4.57. The summed E-state index contributed by atoms with van der Waals surface area (Å²) in [6.07, 6.45) is 0. The van der Waals surface area contributed by atoms with E-state index in [4.69, 9.17) is 30.2 Å². The maximum atomic E-state index is 5.45. The molecule has 0 fully saturated rings. The predicted octanol–water partition coefficient (Wildman–Crippen LogP) is 3.37. The van der Waals surface area contributed by atoms with Crippen LogP contribution in [0.2, 0.25) is 0 Å². The predicted molar refractivity (Wildman–Crippen MR) is 75.0 cm³/mol. The van der Waals surface area contributed by atoms with Crippen LogP contribution in [0.5, 0.6) is 0 Å². The van der Waals surface area contributed by atoms with Crippen molar-refractivity contribution in [2.75, 3.05) is 0 Å². The molecule has 2 N–H and O–H groups in total. The van der Waals surface area contributed by atoms with Crippen LogP contribution in [-0.2, 0) is 5.88 Å². The van der Waals surface area contributed by atoms with Crippen molar-refractivity contribution in [1.82, 2.24) is 4.57 Å². The number of benzene rings is 1. The summed E-state index contributed by atoms with van der Waals surface area (Å²) in [5, 5.41) is 0. The highest BCUT2D eigenvalue weighted by Crippen LogP contribution is 2.24. The highest BCUT2D eigenvalue weighted by molar-refractivity contribution is 8.22. The minimum atomic E-state index is 0.451. The second-order valence-corrected chi connectivity index (χ2v) is 6.22. The Morgan fingerprint density at radius 2 is 2.20 bits per heavy atom. The third-order valence-electron chi connectivity index (χ3n) is 1.91. The summed E-state index contributed by atoms with van der Waals surface area (Å²) in [6, 6.07) is 8.14. The summed E-state index contributed by atoms with van der Waals surface area (Å²) in [4.78, 5) is 0. The molecule has 0 amide bonds. The molecule has 0 aliphatic heterocycles. The van der Waals surface area contributed by atoms with Gasteiger partial charge in [-0.3, -0.25) is 0 Å². The molecule has 0 spiro atoms. The molecule has 0 aliphatic rings. The average molecular weight is 272 g/mol. The second-order valence-electron chi connectivity index (χ2n) is 2.86. The Kier molecular flexibility index (Phi) is 3.40. The number of thiazole rings is 1. The minimum absolute atomic E-state index is 0.451. The number of hydrogen-bond acceptors (Lipinski definition) is 4. The Hall–Kier alpha value is -0.430. The zero-order chi connectivity index (χ0) is 10.8. The molecular formula is C9H8N2S4. The van der Waals surface area contributed by atoms with Crippen LogP contribution in [0.25, 0.3) is 10.2 Å². The van der Waals surface area contributed by atoms with Crippen molar-refractivity contribution in [2.45, 2.75) is 5.88 Å². The van der Waals surface area contributed by atoms with Gasteiger partial charge in [-0.25, -0.2) is 0 Å². The summed E-state index contributed by atoms with van der Waals surface area (Å²) >= 11 is 13.2. The third kappa shape index (κ3) is 2.39. The fourth-order valence-electron chi connectivity index (χ4n) is 1.26. The van der Waals surface area contributed by atoms with Crippen molar-refractivity contribution >= 4 is 62.1 Å². The lowest BCUT2D eigenvalue weighted by Gasteiger charge is -2.02. The summed E-state index contributed by atoms with van der Waals surface area (Å²) in [6.45, 7) is 0. The number of hydrogen-bond donors (Lipinski definition) is 1. The molecule has 78 valence electrons. The average Bonchev–Trinajstić information content (AvgIpc) is 2.50. The number of thiocarbonyl (C=S) groups is 1. The van der Waals surface area contributed by atoms with Crippen LogP contribution in [0.1, 0.15) is 0 Å². The molecule has 15 heavy (non-hydrogen) atoms. The molecule has 0 radical (unpaired) electrons. The van der Waals surface area contributed by atoms with Gasteiger partial charge in [0.05, 0.1) is 16.1 Å². The zero-order valence-electron chi connectivity index (χ0n) is 7.67. The van der Waals surface area contributed by atoms with Crippen molar-refractivity contribution in [3.05, 3.63) is 28.2 Å². The number of rotatable bonds is 2. The molecule has 0 saturated carbocycles. The monoisotopic (exact) mass is 272 g/mol. The molecule has 2 rings (SSSR count). The molecule has 1 heterocycles. The molecule has 2 nitrogen and oxygen atoms in total. The molecule has 0 aliphatic carbocycles. The lowest BCUT2D eigenvalue weighted by Crippen LogP contribution is -2.05. The molecule has 6 heteroatoms. The van der Waals surface area contributed by atoms with E-state index in [2.05, 4.69) is 16.7 Å². The van der Waals surface area contributed by atoms with Crippen LogP contribution in [0.3, 0.4) is 0 Å². The Bertz CT molecular complexity index is 554. The highest BCUT2D eigenvalue weighted by atomic mass is 32.2. The van der Waals surface area contributed by atoms with E-state index in [9.17, 15) is 0 Å². The van der Waals surface area contributed by atoms with Gasteiger partial charge in [-0.15, -0.1) is 11.3 Å². The summed E-state index contributed by atoms with van der Waals surface area (Å²) in [5.74, 6) is 0.693. The van der Waals surface area contributed by atoms with E-state index < -0.39 is 0 Å². The van der Waals surface area contributed by atoms with Gasteiger partial charge in [0.2, 0.25) is 0 Å². The van der Waals surface area contributed by atoms with E-state index in [0.29, 0.717) is 10.2 Å². The SMILES string of the molecule is NC(=S)SCn1c(=S)sc2ccccc21. The second kappa shape index (κ2) is 4.61. The van der Waals surface area contributed by atoms with Crippen molar-refractivity contribution in [3.8, 4) is 0 Å². The molecule has 1 aromatic carbocycles. The van der Waals surface area contributed by atoms with E-state index in [1.54, 1.807) is 11.3 Å². The highest BCUT2D eigenvalue weighted by Gasteiger charge is 2.04. The van der Waals surface area contributed by atoms with E-state index in [0.717, 1.165) is 9.47 Å². The van der Waals surface area contributed by atoms with Gasteiger partial charge in [-0.05, 0) is 24.4 Å². The van der Waals surface area contributed by atoms with Gasteiger partial charge in [0.25, 0.3) is 0 Å². The Morgan fingerprint density at radius 3 is 2.93 bits per heavy atom. The van der Waals surface area contributed by atoms with Gasteiger partial charge in [0.1, 0.15) is 4.32 Å². The maximum Gasteiger partial charge on any atom is 0.162 e. The molecule has 1 aromatic heterocycles. The van der Waals surface area contributed by atoms with Crippen molar-refractivity contribution in [1.29, 1.82) is 0 Å². The summed E-state index contributed by atoms with van der Waals surface area (Å²) in [7, 11) is 0. The van der Waals surface area contributed by atoms with Gasteiger partial charge in [0.15, 0.2) is 3.95 Å². The van der Waals surface area contributed by atoms with E-state index in [-0.39, 0.29) is 0 Å². The molecule has 0 atom stereocenters. The number of nitrogens with two attached hydrogens (primary N) is 1. The van der Waals surface area contributed by atoms with Crippen LogP contribution >= 0.6 is 47.5 Å². The number of aromatic nitrogens is 1. The first-order valence-corrected chi connectivity index (χ1v) is 6.81. The van der Waals surface area contributed by atoms with Gasteiger partial charge in [-0.1, -0.05) is 36.1 Å². The normalized spacial score (nSPS) is 10.7. The van der Waals surface area contributed by atoms with E-state index in [1.165, 1.54) is 16.5 Å². The number of para-hydroxylation sites is 1. The lowest BCUT2D eigenvalue weighted by atomic mass is 10.3. The smallest absolute Gasteiger partial charge is 0.162 e. The first-order chi connectivity index (χ1) is 7.18. The molecule has 0 bridgehead atoms. The molecule has 0 saturated heterocycles. The van der Waals surface area contributed by atoms with Crippen molar-refractivity contribution < 1.29 is 0 Å². The Balaban J connectivity index is 2.45. The van der Waals surface area contributed by atoms with Gasteiger partial charge in [-0.2, -0.15) is 0 Å². The van der Waals surface area contributed by atoms with Crippen molar-refractivity contribution in [3.63, 3.8) is 0 Å². The maximum absolute atomic E-state index is 5.45. The van der Waals surface area contributed by atoms with Gasteiger partial charge < -0.3 is 10.3 Å². The van der Waals surface area contributed by atoms with E-state index >= 15 is 0 Å². The first kappa shape index (κ1) is 11.1. The first-order valence-electron chi connectivity index (χ1n) is 4.19. The number of fused-ring (bicyclic) bond motifs is 1. The standard InChI is InChI=1S/C9H8N2S4/c10-8(12)14-5-11-6-3-1-2-4-7(6)15-9(11)13/h1-4H,5H2,(H2,10,12). The molecule has 0 unspecified atom stereocenters. The Morgan fingerprint density at radius 1 is 1.47 bits per heavy atom. The van der Waals surface area contributed by atoms with Gasteiger partial charge >= 0.3 is 0 Å². The number of nitrogens with zero attached hydrogens (tertiary/aromatic N) is 1. The van der Waals surface area contributed by atoms with Crippen LogP contribution < -0.4 is 5.73 Å². The Labute approximate surface area is 106 Å². The summed E-state index contributed by atoms with van der Waals surface area (Å²) in [5.41, 5.74) is 6.60. The van der Waals surface area contributed by atoms with Crippen molar-refractivity contribution in [2.24, 2.45) is 5.73 Å². The van der Waals surface area contributed by atoms with Gasteiger partial charge in [0, 0.05) is 0 Å². The lowest BCUT2D eigenvalue weighted by molar-refractivity contribution is 0.941. The van der Waals surface area contributed by atoms with Crippen LogP contribution in [-0.4, -0.2) is 8.89 Å². The molecular weight excluding hydrogens is 264 g/mol. The van der Waals surface area contributed by atoms with E-state index in [1.807, 2.05) is 12.1 Å². The van der Waals surface area contributed by atoms with Crippen LogP contribution in [0.15, 0.2) is 24.3 Å². The molecule has 2 aromatic rings. The fourth-order valence-corrected chi connectivity index (χ4v) is 3.43. The third-order valence-corrected chi connectivity index (χ3v) is 4.37. The largest absolute Gasteiger partial charge is 0.385 e. The zero-order valence-corrected chi connectivity index (χ0v) is 10.9. The topological polar surface area (TPSA) is 30.9 Å². The van der Waals surface area contributed by atoms with Crippen LogP contribution in [0, 0.1) is 3.95 Å². The number of thioether (sulfide) groups is 1. The van der Waals surface area contributed by atoms with Crippen LogP contribution in [0.4, 0.5) is 0 Å². The minimum Gasteiger partial charge on any atom is -0.385 e.